The Morgan fingerprint density at radius 2 is 1.74 bits per heavy atom. The number of Topliss-reactive ketones (excluding diaryl/α,β-unsaturated/α-hetero) is 1. The summed E-state index contributed by atoms with van der Waals surface area (Å²) in [6, 6.07) is 14.7. The molecule has 2 aliphatic rings. The number of pyridine rings is 1. The third-order valence-corrected chi connectivity index (χ3v) is 5.22. The second-order valence-electron chi connectivity index (χ2n) is 7.04. The summed E-state index contributed by atoms with van der Waals surface area (Å²) in [7, 11) is 0. The van der Waals surface area contributed by atoms with Gasteiger partial charge in [-0.1, -0.05) is 36.4 Å². The smallest absolute Gasteiger partial charge is 0.410 e. The number of ether oxygens (including phenoxy) is 2. The van der Waals surface area contributed by atoms with Gasteiger partial charge in [-0.3, -0.25) is 14.7 Å². The number of piperidine rings is 1. The first-order chi connectivity index (χ1) is 13.2. The monoisotopic (exact) mass is 366 g/mol. The van der Waals surface area contributed by atoms with Gasteiger partial charge >= 0.3 is 6.09 Å². The standard InChI is InChI=1S/C21H22N2O4/c24-20(19-8-4-5-9-22-19)16-10-17-13-26-14-18(11-16)23(17)21(25)27-12-15-6-2-1-3-7-15/h1-9,16-18H,10-14H2. The lowest BCUT2D eigenvalue weighted by Crippen LogP contribution is -2.60. The van der Waals surface area contributed by atoms with Crippen LogP contribution in [0.1, 0.15) is 28.9 Å². The van der Waals surface area contributed by atoms with Crippen LogP contribution in [0, 0.1) is 5.92 Å². The summed E-state index contributed by atoms with van der Waals surface area (Å²) in [5.74, 6) is -0.0956. The van der Waals surface area contributed by atoms with Gasteiger partial charge < -0.3 is 9.47 Å². The number of ketones is 1. The van der Waals surface area contributed by atoms with E-state index < -0.39 is 0 Å². The zero-order valence-corrected chi connectivity index (χ0v) is 15.0. The van der Waals surface area contributed by atoms with Crippen LogP contribution in [0.3, 0.4) is 0 Å². The highest BCUT2D eigenvalue weighted by Crippen LogP contribution is 2.33. The van der Waals surface area contributed by atoms with Crippen LogP contribution in [0.25, 0.3) is 0 Å². The highest BCUT2D eigenvalue weighted by molar-refractivity contribution is 5.96. The van der Waals surface area contributed by atoms with E-state index in [1.54, 1.807) is 23.2 Å². The average molecular weight is 366 g/mol. The molecule has 0 radical (unpaired) electrons. The van der Waals surface area contributed by atoms with Gasteiger partial charge in [0.25, 0.3) is 0 Å². The lowest BCUT2D eigenvalue weighted by molar-refractivity contribution is -0.0755. The van der Waals surface area contributed by atoms with Crippen molar-refractivity contribution in [3.63, 3.8) is 0 Å². The van der Waals surface area contributed by atoms with Gasteiger partial charge in [-0.15, -0.1) is 0 Å². The molecule has 0 saturated carbocycles. The summed E-state index contributed by atoms with van der Waals surface area (Å²) in [5, 5.41) is 0. The van der Waals surface area contributed by atoms with Gasteiger partial charge in [-0.05, 0) is 30.5 Å². The molecule has 3 heterocycles. The second-order valence-corrected chi connectivity index (χ2v) is 7.04. The van der Waals surface area contributed by atoms with Crippen molar-refractivity contribution in [3.05, 3.63) is 66.0 Å². The van der Waals surface area contributed by atoms with Crippen LogP contribution >= 0.6 is 0 Å². The fourth-order valence-electron chi connectivity index (χ4n) is 3.94. The fourth-order valence-corrected chi connectivity index (χ4v) is 3.94. The number of aromatic nitrogens is 1. The molecule has 1 aromatic carbocycles. The van der Waals surface area contributed by atoms with Gasteiger partial charge in [0.1, 0.15) is 12.3 Å². The number of carbonyl (C=O) groups excluding carboxylic acids is 2. The third kappa shape index (κ3) is 3.85. The Hall–Kier alpha value is -2.73. The number of amides is 1. The summed E-state index contributed by atoms with van der Waals surface area (Å²) in [4.78, 5) is 31.4. The summed E-state index contributed by atoms with van der Waals surface area (Å²) < 4.78 is 11.2. The van der Waals surface area contributed by atoms with Crippen LogP contribution in [0.15, 0.2) is 54.7 Å². The van der Waals surface area contributed by atoms with Gasteiger partial charge in [-0.25, -0.2) is 4.79 Å². The van der Waals surface area contributed by atoms with Crippen molar-refractivity contribution in [1.82, 2.24) is 9.88 Å². The molecule has 6 heteroatoms. The molecule has 2 bridgehead atoms. The van der Waals surface area contributed by atoms with Crippen LogP contribution in [-0.4, -0.2) is 47.1 Å². The highest BCUT2D eigenvalue weighted by atomic mass is 16.6. The lowest BCUT2D eigenvalue weighted by atomic mass is 9.82. The van der Waals surface area contributed by atoms with Crippen molar-refractivity contribution in [3.8, 4) is 0 Å². The van der Waals surface area contributed by atoms with Crippen LogP contribution in [0.4, 0.5) is 4.79 Å². The predicted octanol–water partition coefficient (Wildman–Crippen LogP) is 3.08. The molecule has 2 aromatic rings. The number of fused-ring (bicyclic) bond motifs is 2. The molecular weight excluding hydrogens is 344 g/mol. The summed E-state index contributed by atoms with van der Waals surface area (Å²) in [6.07, 6.45) is 2.45. The van der Waals surface area contributed by atoms with Gasteiger partial charge in [0.2, 0.25) is 0 Å². The minimum atomic E-state index is -0.333. The van der Waals surface area contributed by atoms with Gasteiger partial charge in [0.15, 0.2) is 5.78 Å². The van der Waals surface area contributed by atoms with E-state index >= 15 is 0 Å². The van der Waals surface area contributed by atoms with Crippen LogP contribution in [0.5, 0.6) is 0 Å². The molecule has 4 rings (SSSR count). The van der Waals surface area contributed by atoms with Gasteiger partial charge in [0, 0.05) is 12.1 Å². The molecule has 0 N–H and O–H groups in total. The first-order valence-corrected chi connectivity index (χ1v) is 9.24. The Morgan fingerprint density at radius 1 is 1.04 bits per heavy atom. The van der Waals surface area contributed by atoms with E-state index in [1.807, 2.05) is 36.4 Å². The van der Waals surface area contributed by atoms with Gasteiger partial charge in [-0.2, -0.15) is 0 Å². The zero-order valence-electron chi connectivity index (χ0n) is 15.0. The Bertz CT molecular complexity index is 782. The molecule has 140 valence electrons. The number of benzene rings is 1. The molecular formula is C21H22N2O4. The average Bonchev–Trinajstić information content (AvgIpc) is 2.72. The summed E-state index contributed by atoms with van der Waals surface area (Å²) in [5.41, 5.74) is 1.44. The SMILES string of the molecule is O=C(c1ccccn1)C1CC2COCC(C1)N2C(=O)OCc1ccccc1. The Kier molecular flexibility index (Phi) is 5.16. The maximum absolute atomic E-state index is 12.8. The maximum atomic E-state index is 12.8. The predicted molar refractivity (Wildman–Crippen MR) is 98.2 cm³/mol. The van der Waals surface area contributed by atoms with Gasteiger partial charge in [0.05, 0.1) is 25.3 Å². The highest BCUT2D eigenvalue weighted by Gasteiger charge is 2.44. The molecule has 6 nitrogen and oxygen atoms in total. The number of hydrogen-bond donors (Lipinski definition) is 0. The third-order valence-electron chi connectivity index (χ3n) is 5.22. The van der Waals surface area contributed by atoms with E-state index in [0.717, 1.165) is 5.56 Å². The Morgan fingerprint density at radius 3 is 2.41 bits per heavy atom. The second kappa shape index (κ2) is 7.88. The quantitative estimate of drug-likeness (QED) is 0.778. The van der Waals surface area contributed by atoms with Crippen LogP contribution in [0.2, 0.25) is 0 Å². The molecule has 0 spiro atoms. The number of nitrogens with zero attached hydrogens (tertiary/aromatic N) is 2. The Balaban J connectivity index is 1.42. The van der Waals surface area contributed by atoms with Crippen molar-refractivity contribution in [2.45, 2.75) is 31.5 Å². The molecule has 27 heavy (non-hydrogen) atoms. The van der Waals surface area contributed by atoms with Crippen molar-refractivity contribution in [2.75, 3.05) is 13.2 Å². The normalized spacial score (nSPS) is 24.3. The number of hydrogen-bond acceptors (Lipinski definition) is 5. The first-order valence-electron chi connectivity index (χ1n) is 9.24. The maximum Gasteiger partial charge on any atom is 0.410 e. The molecule has 1 aromatic heterocycles. The minimum Gasteiger partial charge on any atom is -0.445 e. The first kappa shape index (κ1) is 17.7. The van der Waals surface area contributed by atoms with Crippen LogP contribution in [-0.2, 0) is 16.1 Å². The lowest BCUT2D eigenvalue weighted by Gasteiger charge is -2.47. The van der Waals surface area contributed by atoms with Crippen molar-refractivity contribution in [1.29, 1.82) is 0 Å². The topological polar surface area (TPSA) is 68.7 Å². The molecule has 2 unspecified atom stereocenters. The molecule has 0 aliphatic carbocycles. The minimum absolute atomic E-state index is 0.0461. The number of rotatable bonds is 4. The molecule has 2 aliphatic heterocycles. The fraction of sp³-hybridized carbons (Fsp3) is 0.381. The van der Waals surface area contributed by atoms with E-state index in [9.17, 15) is 9.59 Å². The van der Waals surface area contributed by atoms with E-state index in [2.05, 4.69) is 4.98 Å². The summed E-state index contributed by atoms with van der Waals surface area (Å²) in [6.45, 7) is 1.11. The molecule has 1 amide bonds. The Labute approximate surface area is 158 Å². The van der Waals surface area contributed by atoms with Crippen molar-refractivity contribution < 1.29 is 19.1 Å². The van der Waals surface area contributed by atoms with E-state index in [-0.39, 0.29) is 36.5 Å². The largest absolute Gasteiger partial charge is 0.445 e. The van der Waals surface area contributed by atoms with E-state index in [4.69, 9.17) is 9.47 Å². The molecule has 2 atom stereocenters. The number of morpholine rings is 1. The van der Waals surface area contributed by atoms with Crippen molar-refractivity contribution >= 4 is 11.9 Å². The van der Waals surface area contributed by atoms with Crippen molar-refractivity contribution in [2.24, 2.45) is 5.92 Å². The zero-order chi connectivity index (χ0) is 18.6. The van der Waals surface area contributed by atoms with E-state index in [0.29, 0.717) is 31.7 Å². The van der Waals surface area contributed by atoms with E-state index in [1.165, 1.54) is 0 Å². The molecule has 2 fully saturated rings. The molecule has 2 saturated heterocycles. The van der Waals surface area contributed by atoms with Crippen LogP contribution < -0.4 is 0 Å². The summed E-state index contributed by atoms with van der Waals surface area (Å²) >= 11 is 0. The number of carbonyl (C=O) groups is 2.